The second-order valence-electron chi connectivity index (χ2n) is 13.4. The van der Waals surface area contributed by atoms with E-state index < -0.39 is 59.6 Å². The summed E-state index contributed by atoms with van der Waals surface area (Å²) in [5, 5.41) is 0. The average Bonchev–Trinajstić information content (AvgIpc) is 3.27. The van der Waals surface area contributed by atoms with Gasteiger partial charge in [0.05, 0.1) is 35.5 Å². The Morgan fingerprint density at radius 1 is 0.851 bits per heavy atom. The van der Waals surface area contributed by atoms with Crippen LogP contribution in [-0.4, -0.2) is 42.5 Å². The smallest absolute Gasteiger partial charge is 0.475 e. The van der Waals surface area contributed by atoms with Crippen molar-refractivity contribution in [2.75, 3.05) is 19.8 Å². The summed E-state index contributed by atoms with van der Waals surface area (Å²) in [6.07, 6.45) is -9.23. The Balaban J connectivity index is 1.71. The molecule has 0 aromatic heterocycles. The number of rotatable bonds is 13. The molecule has 0 aliphatic carbocycles. The summed E-state index contributed by atoms with van der Waals surface area (Å²) in [5.41, 5.74) is -4.78. The van der Waals surface area contributed by atoms with Gasteiger partial charge in [-0.1, -0.05) is 12.1 Å². The van der Waals surface area contributed by atoms with E-state index in [2.05, 4.69) is 4.99 Å². The molecule has 0 saturated carbocycles. The first-order chi connectivity index (χ1) is 21.4. The molecule has 0 spiro atoms. The summed E-state index contributed by atoms with van der Waals surface area (Å²) in [6, 6.07) is 6.19. The van der Waals surface area contributed by atoms with E-state index in [0.717, 1.165) is 6.07 Å². The minimum Gasteiger partial charge on any atom is -0.493 e. The molecule has 15 heteroatoms. The van der Waals surface area contributed by atoms with E-state index in [9.17, 15) is 35.3 Å². The molecule has 2 aromatic rings. The minimum atomic E-state index is -4.87. The lowest BCUT2D eigenvalue weighted by atomic mass is 9.93. The van der Waals surface area contributed by atoms with Crippen LogP contribution in [0.25, 0.3) is 0 Å². The lowest BCUT2D eigenvalue weighted by Gasteiger charge is -2.33. The Labute approximate surface area is 270 Å². The molecule has 3 rings (SSSR count). The second kappa shape index (κ2) is 14.4. The number of phosphoric ester groups is 1. The van der Waals surface area contributed by atoms with Gasteiger partial charge >= 0.3 is 20.2 Å². The fourth-order valence-electron chi connectivity index (χ4n) is 4.71. The molecule has 0 N–H and O–H groups in total. The Bertz CT molecular complexity index is 1440. The van der Waals surface area contributed by atoms with Crippen LogP contribution >= 0.6 is 7.82 Å². The van der Waals surface area contributed by atoms with Gasteiger partial charge in [-0.25, -0.2) is 13.9 Å². The van der Waals surface area contributed by atoms with E-state index >= 15 is 0 Å². The topological polar surface area (TPSA) is 75.6 Å². The summed E-state index contributed by atoms with van der Waals surface area (Å²) in [4.78, 5) is 4.53. The van der Waals surface area contributed by atoms with Gasteiger partial charge in [0, 0.05) is 6.92 Å². The highest BCUT2D eigenvalue weighted by molar-refractivity contribution is 7.48. The lowest BCUT2D eigenvalue weighted by Crippen LogP contribution is -2.36. The zero-order chi connectivity index (χ0) is 35.5. The van der Waals surface area contributed by atoms with E-state index in [0.29, 0.717) is 23.6 Å². The van der Waals surface area contributed by atoms with Crippen molar-refractivity contribution in [1.82, 2.24) is 0 Å². The number of hydrogen-bond acceptors (Lipinski definition) is 7. The first-order valence-electron chi connectivity index (χ1n) is 14.9. The van der Waals surface area contributed by atoms with Crippen molar-refractivity contribution in [3.05, 3.63) is 64.5 Å². The predicted octanol–water partition coefficient (Wildman–Crippen LogP) is 9.75. The molecule has 1 heterocycles. The van der Waals surface area contributed by atoms with Gasteiger partial charge in [-0.3, -0.25) is 13.6 Å². The summed E-state index contributed by atoms with van der Waals surface area (Å²) in [6.45, 7) is 11.3. The zero-order valence-corrected chi connectivity index (χ0v) is 28.3. The molecular formula is C32H41F7NO6P. The molecule has 0 fully saturated rings. The molecule has 7 nitrogen and oxygen atoms in total. The molecular weight excluding hydrogens is 658 g/mol. The van der Waals surface area contributed by atoms with Crippen LogP contribution in [0.4, 0.5) is 30.7 Å². The average molecular weight is 700 g/mol. The van der Waals surface area contributed by atoms with Crippen molar-refractivity contribution < 1.29 is 58.3 Å². The summed E-state index contributed by atoms with van der Waals surface area (Å²) < 4.78 is 136. The van der Waals surface area contributed by atoms with Crippen LogP contribution in [0.3, 0.4) is 0 Å². The maximum atomic E-state index is 14.0. The highest BCUT2D eigenvalue weighted by Gasteiger charge is 2.43. The van der Waals surface area contributed by atoms with Crippen LogP contribution < -0.4 is 4.74 Å². The molecule has 0 saturated heterocycles. The molecule has 2 aromatic carbocycles. The van der Waals surface area contributed by atoms with Crippen LogP contribution in [0.15, 0.2) is 41.4 Å². The predicted molar refractivity (Wildman–Crippen MR) is 162 cm³/mol. The van der Waals surface area contributed by atoms with Crippen molar-refractivity contribution in [3.63, 3.8) is 0 Å². The summed E-state index contributed by atoms with van der Waals surface area (Å²) >= 11 is 0. The maximum absolute atomic E-state index is 14.0. The van der Waals surface area contributed by atoms with Crippen molar-refractivity contribution in [1.29, 1.82) is 0 Å². The normalized spacial score (nSPS) is 17.9. The van der Waals surface area contributed by atoms with Gasteiger partial charge in [0.15, 0.2) is 5.90 Å². The van der Waals surface area contributed by atoms with E-state index in [4.69, 9.17) is 23.0 Å². The third kappa shape index (κ3) is 12.1. The zero-order valence-electron chi connectivity index (χ0n) is 27.4. The number of aryl methyl sites for hydroxylation is 2. The molecule has 1 aliphatic heterocycles. The number of ether oxygens (including phenoxy) is 2. The minimum absolute atomic E-state index is 0.0312. The van der Waals surface area contributed by atoms with Crippen LogP contribution in [0, 0.1) is 5.82 Å². The molecule has 0 radical (unpaired) electrons. The third-order valence-electron chi connectivity index (χ3n) is 6.64. The van der Waals surface area contributed by atoms with E-state index in [-0.39, 0.29) is 51.1 Å². The van der Waals surface area contributed by atoms with Crippen molar-refractivity contribution in [2.24, 2.45) is 4.99 Å². The molecule has 0 amide bonds. The quantitative estimate of drug-likeness (QED) is 0.118. The van der Waals surface area contributed by atoms with Crippen molar-refractivity contribution in [2.45, 2.75) is 103 Å². The number of phosphoric acid groups is 1. The van der Waals surface area contributed by atoms with Gasteiger partial charge in [0.25, 0.3) is 0 Å². The van der Waals surface area contributed by atoms with Crippen LogP contribution in [0.5, 0.6) is 5.75 Å². The highest BCUT2D eigenvalue weighted by atomic mass is 31.2. The number of benzene rings is 2. The molecule has 47 heavy (non-hydrogen) atoms. The van der Waals surface area contributed by atoms with Gasteiger partial charge in [-0.2, -0.15) is 26.3 Å². The first kappa shape index (κ1) is 38.8. The van der Waals surface area contributed by atoms with Crippen LogP contribution in [-0.2, 0) is 48.1 Å². The Hall–Kier alpha value is -2.67. The van der Waals surface area contributed by atoms with Crippen molar-refractivity contribution in [3.8, 4) is 5.75 Å². The molecule has 1 atom stereocenters. The molecule has 0 bridgehead atoms. The van der Waals surface area contributed by atoms with Gasteiger partial charge in [0.1, 0.15) is 23.7 Å². The van der Waals surface area contributed by atoms with E-state index in [1.807, 2.05) is 0 Å². The van der Waals surface area contributed by atoms with Gasteiger partial charge in [-0.15, -0.1) is 0 Å². The number of hydrogen-bond donors (Lipinski definition) is 0. The molecule has 1 aliphatic rings. The largest absolute Gasteiger partial charge is 0.493 e. The Morgan fingerprint density at radius 2 is 1.40 bits per heavy atom. The van der Waals surface area contributed by atoms with E-state index in [1.54, 1.807) is 48.5 Å². The SMILES string of the molecule is CC1=NC(CCc2ccc(OCCCc3ccc(F)c(C(F)(F)F)c3)c(C(F)(F)F)c2)(COP(=O)(OC(C)(C)C)OC(C)(C)C)CO1. The number of nitrogens with zero attached hydrogens (tertiary/aromatic N) is 1. The number of alkyl halides is 6. The van der Waals surface area contributed by atoms with Crippen molar-refractivity contribution >= 4 is 13.7 Å². The fraction of sp³-hybridized carbons (Fsp3) is 0.594. The monoisotopic (exact) mass is 699 g/mol. The van der Waals surface area contributed by atoms with Gasteiger partial charge in [-0.05, 0) is 103 Å². The lowest BCUT2D eigenvalue weighted by molar-refractivity contribution is -0.140. The number of halogens is 7. The fourth-order valence-corrected chi connectivity index (χ4v) is 6.60. The van der Waals surface area contributed by atoms with Gasteiger partial charge < -0.3 is 9.47 Å². The Kier molecular flexibility index (Phi) is 11.9. The molecule has 264 valence electrons. The van der Waals surface area contributed by atoms with E-state index in [1.165, 1.54) is 18.2 Å². The van der Waals surface area contributed by atoms with Gasteiger partial charge in [0.2, 0.25) is 0 Å². The Morgan fingerprint density at radius 3 is 1.94 bits per heavy atom. The summed E-state index contributed by atoms with van der Waals surface area (Å²) in [7, 11) is -4.11. The number of aliphatic imine (C=N–C) groups is 1. The van der Waals surface area contributed by atoms with Crippen LogP contribution in [0.1, 0.15) is 83.6 Å². The molecule has 1 unspecified atom stereocenters. The third-order valence-corrected chi connectivity index (χ3v) is 8.63. The highest BCUT2D eigenvalue weighted by Crippen LogP contribution is 2.56. The maximum Gasteiger partial charge on any atom is 0.475 e. The second-order valence-corrected chi connectivity index (χ2v) is 14.9. The van der Waals surface area contributed by atoms with Crippen LogP contribution in [0.2, 0.25) is 0 Å². The summed E-state index contributed by atoms with van der Waals surface area (Å²) in [5.74, 6) is -1.50. The first-order valence-corrected chi connectivity index (χ1v) is 16.4. The standard InChI is InChI=1S/C32H41F7NO6P/c1-21-40-30(19-43-21,20-44-47(41,45-28(2,3)4)46-29(5,6)7)15-14-23-11-13-27(25(18-23)32(37,38)39)42-16-8-9-22-10-12-26(33)24(17-22)31(34,35)36/h10-13,17-18H,8-9,14-16,19-20H2,1-7H3.